The maximum absolute atomic E-state index is 11.4. The third-order valence-corrected chi connectivity index (χ3v) is 5.44. The zero-order valence-corrected chi connectivity index (χ0v) is 18.3. The molecule has 1 heterocycles. The lowest BCUT2D eigenvalue weighted by Gasteiger charge is -2.11. The molecular formula is C25H22ClN3O3. The molecule has 7 heteroatoms. The second kappa shape index (κ2) is 9.66. The number of anilines is 1. The van der Waals surface area contributed by atoms with Crippen molar-refractivity contribution in [1.82, 2.24) is 9.97 Å². The van der Waals surface area contributed by atoms with Crippen LogP contribution in [0.2, 0.25) is 5.02 Å². The Morgan fingerprint density at radius 3 is 2.59 bits per heavy atom. The van der Waals surface area contributed by atoms with E-state index in [1.165, 1.54) is 12.4 Å². The van der Waals surface area contributed by atoms with Crippen molar-refractivity contribution >= 4 is 34.2 Å². The van der Waals surface area contributed by atoms with Gasteiger partial charge in [0, 0.05) is 23.2 Å². The summed E-state index contributed by atoms with van der Waals surface area (Å²) < 4.78 is 5.49. The van der Waals surface area contributed by atoms with Crippen LogP contribution in [0.4, 0.5) is 5.82 Å². The molecule has 4 rings (SSSR count). The molecule has 0 bridgehead atoms. The average molecular weight is 448 g/mol. The van der Waals surface area contributed by atoms with Gasteiger partial charge in [-0.15, -0.1) is 0 Å². The molecule has 162 valence electrons. The molecule has 0 saturated carbocycles. The fourth-order valence-corrected chi connectivity index (χ4v) is 3.79. The molecule has 2 N–H and O–H groups in total. The van der Waals surface area contributed by atoms with Gasteiger partial charge >= 0.3 is 5.97 Å². The van der Waals surface area contributed by atoms with Gasteiger partial charge in [-0.25, -0.2) is 14.8 Å². The summed E-state index contributed by atoms with van der Waals surface area (Å²) in [5, 5.41) is 15.7. The highest BCUT2D eigenvalue weighted by Gasteiger charge is 2.13. The molecule has 0 aliphatic carbocycles. The van der Waals surface area contributed by atoms with E-state index in [1.807, 2.05) is 37.3 Å². The standard InChI is InChI=1S/C25H22ClN3O3/c1-2-32-23-13-19(7-8-20(23)25(30)31)22-14-24(29-15-28-22)27-10-9-18-11-16-5-3-4-6-17(16)12-21(18)26/h3-8,11-15H,2,9-10H2,1H3,(H,30,31)(H,27,28,29). The van der Waals surface area contributed by atoms with E-state index in [2.05, 4.69) is 27.4 Å². The number of nitrogens with zero attached hydrogens (tertiary/aromatic N) is 2. The highest BCUT2D eigenvalue weighted by atomic mass is 35.5. The molecule has 1 aromatic heterocycles. The molecule has 0 radical (unpaired) electrons. The van der Waals surface area contributed by atoms with Gasteiger partial charge in [-0.1, -0.05) is 41.9 Å². The number of ether oxygens (including phenoxy) is 1. The van der Waals surface area contributed by atoms with E-state index in [0.717, 1.165) is 33.3 Å². The summed E-state index contributed by atoms with van der Waals surface area (Å²) in [7, 11) is 0. The maximum Gasteiger partial charge on any atom is 0.339 e. The van der Waals surface area contributed by atoms with Crippen molar-refractivity contribution in [2.45, 2.75) is 13.3 Å². The van der Waals surface area contributed by atoms with Crippen LogP contribution in [0.1, 0.15) is 22.8 Å². The number of aromatic carboxylic acids is 1. The minimum absolute atomic E-state index is 0.121. The monoisotopic (exact) mass is 447 g/mol. The first-order chi connectivity index (χ1) is 15.5. The fourth-order valence-electron chi connectivity index (χ4n) is 3.52. The van der Waals surface area contributed by atoms with Crippen LogP contribution in [-0.4, -0.2) is 34.2 Å². The molecule has 0 unspecified atom stereocenters. The number of rotatable bonds is 8. The van der Waals surface area contributed by atoms with E-state index in [0.29, 0.717) is 30.4 Å². The molecule has 4 aromatic rings. The van der Waals surface area contributed by atoms with Crippen LogP contribution < -0.4 is 10.1 Å². The van der Waals surface area contributed by atoms with E-state index in [4.69, 9.17) is 16.3 Å². The van der Waals surface area contributed by atoms with Crippen molar-refractivity contribution in [3.8, 4) is 17.0 Å². The summed E-state index contributed by atoms with van der Waals surface area (Å²) in [4.78, 5) is 20.0. The summed E-state index contributed by atoms with van der Waals surface area (Å²) in [6.07, 6.45) is 2.22. The van der Waals surface area contributed by atoms with Crippen LogP contribution in [-0.2, 0) is 6.42 Å². The smallest absolute Gasteiger partial charge is 0.339 e. The van der Waals surface area contributed by atoms with Gasteiger partial charge in [0.05, 0.1) is 12.3 Å². The number of fused-ring (bicyclic) bond motifs is 1. The van der Waals surface area contributed by atoms with Gasteiger partial charge < -0.3 is 15.2 Å². The van der Waals surface area contributed by atoms with E-state index in [-0.39, 0.29) is 5.56 Å². The van der Waals surface area contributed by atoms with Gasteiger partial charge in [-0.3, -0.25) is 0 Å². The van der Waals surface area contributed by atoms with E-state index < -0.39 is 5.97 Å². The quantitative estimate of drug-likeness (QED) is 0.360. The van der Waals surface area contributed by atoms with Gasteiger partial charge in [0.1, 0.15) is 23.5 Å². The Bertz CT molecular complexity index is 1280. The first-order valence-electron chi connectivity index (χ1n) is 10.3. The largest absolute Gasteiger partial charge is 0.493 e. The molecule has 0 fully saturated rings. The number of carbonyl (C=O) groups is 1. The van der Waals surface area contributed by atoms with Crippen LogP contribution in [0, 0.1) is 0 Å². The fraction of sp³-hybridized carbons (Fsp3) is 0.160. The molecule has 0 spiro atoms. The molecule has 6 nitrogen and oxygen atoms in total. The van der Waals surface area contributed by atoms with Gasteiger partial charge in [-0.05, 0) is 53.9 Å². The van der Waals surface area contributed by atoms with Crippen molar-refractivity contribution in [3.63, 3.8) is 0 Å². The average Bonchev–Trinajstić information content (AvgIpc) is 2.79. The molecule has 0 aliphatic rings. The number of benzene rings is 3. The number of hydrogen-bond acceptors (Lipinski definition) is 5. The Hall–Kier alpha value is -3.64. The summed E-state index contributed by atoms with van der Waals surface area (Å²) in [6.45, 7) is 2.83. The predicted molar refractivity (Wildman–Crippen MR) is 127 cm³/mol. The number of carboxylic acids is 1. The number of hydrogen-bond donors (Lipinski definition) is 2. The molecule has 0 aliphatic heterocycles. The van der Waals surface area contributed by atoms with Crippen LogP contribution in [0.15, 0.2) is 67.0 Å². The molecular weight excluding hydrogens is 426 g/mol. The number of carboxylic acid groups (broad SMARTS) is 1. The predicted octanol–water partition coefficient (Wildman–Crippen LogP) is 5.70. The number of aromatic nitrogens is 2. The summed E-state index contributed by atoms with van der Waals surface area (Å²) >= 11 is 6.46. The van der Waals surface area contributed by atoms with E-state index in [1.54, 1.807) is 12.1 Å². The Kier molecular flexibility index (Phi) is 6.52. The lowest BCUT2D eigenvalue weighted by Crippen LogP contribution is -2.07. The SMILES string of the molecule is CCOc1cc(-c2cc(NCCc3cc4ccccc4cc3Cl)ncn2)ccc1C(=O)O. The zero-order chi connectivity index (χ0) is 22.5. The van der Waals surface area contributed by atoms with Crippen molar-refractivity contribution in [2.75, 3.05) is 18.5 Å². The highest BCUT2D eigenvalue weighted by Crippen LogP contribution is 2.28. The first-order valence-corrected chi connectivity index (χ1v) is 10.7. The first kappa shape index (κ1) is 21.6. The molecule has 0 amide bonds. The van der Waals surface area contributed by atoms with Gasteiger partial charge in [0.25, 0.3) is 0 Å². The second-order valence-corrected chi connectivity index (χ2v) is 7.61. The Morgan fingerprint density at radius 1 is 1.06 bits per heavy atom. The normalized spacial score (nSPS) is 10.8. The van der Waals surface area contributed by atoms with Crippen LogP contribution in [0.25, 0.3) is 22.0 Å². The topological polar surface area (TPSA) is 84.3 Å². The van der Waals surface area contributed by atoms with Gasteiger partial charge in [0.15, 0.2) is 0 Å². The van der Waals surface area contributed by atoms with Crippen LogP contribution in [0.5, 0.6) is 5.75 Å². The van der Waals surface area contributed by atoms with Crippen molar-refractivity contribution in [1.29, 1.82) is 0 Å². The summed E-state index contributed by atoms with van der Waals surface area (Å²) in [6, 6.07) is 19.0. The Balaban J connectivity index is 1.49. The summed E-state index contributed by atoms with van der Waals surface area (Å²) in [5.41, 5.74) is 2.61. The Labute approximate surface area is 190 Å². The van der Waals surface area contributed by atoms with Crippen molar-refractivity contribution in [3.05, 3.63) is 83.1 Å². The lowest BCUT2D eigenvalue weighted by atomic mass is 10.0. The number of nitrogens with one attached hydrogen (secondary N) is 1. The Morgan fingerprint density at radius 2 is 1.84 bits per heavy atom. The van der Waals surface area contributed by atoms with Crippen molar-refractivity contribution in [2.24, 2.45) is 0 Å². The highest BCUT2D eigenvalue weighted by molar-refractivity contribution is 6.32. The molecule has 3 aromatic carbocycles. The van der Waals surface area contributed by atoms with E-state index in [9.17, 15) is 9.90 Å². The summed E-state index contributed by atoms with van der Waals surface area (Å²) in [5.74, 6) is -0.0406. The van der Waals surface area contributed by atoms with E-state index >= 15 is 0 Å². The lowest BCUT2D eigenvalue weighted by molar-refractivity contribution is 0.0692. The molecule has 0 saturated heterocycles. The molecule has 32 heavy (non-hydrogen) atoms. The minimum Gasteiger partial charge on any atom is -0.493 e. The third-order valence-electron chi connectivity index (χ3n) is 5.09. The van der Waals surface area contributed by atoms with Crippen LogP contribution in [0.3, 0.4) is 0 Å². The number of halogens is 1. The van der Waals surface area contributed by atoms with Gasteiger partial charge in [0.2, 0.25) is 0 Å². The maximum atomic E-state index is 11.4. The molecule has 0 atom stereocenters. The van der Waals surface area contributed by atoms with Crippen LogP contribution >= 0.6 is 11.6 Å². The van der Waals surface area contributed by atoms with Gasteiger partial charge in [-0.2, -0.15) is 0 Å². The third kappa shape index (κ3) is 4.81. The zero-order valence-electron chi connectivity index (χ0n) is 17.5. The van der Waals surface area contributed by atoms with Crippen molar-refractivity contribution < 1.29 is 14.6 Å². The second-order valence-electron chi connectivity index (χ2n) is 7.21. The minimum atomic E-state index is -1.03.